The van der Waals surface area contributed by atoms with Crippen LogP contribution in [0.1, 0.15) is 28.4 Å². The Morgan fingerprint density at radius 2 is 1.93 bits per heavy atom. The van der Waals surface area contributed by atoms with Gasteiger partial charge < -0.3 is 13.5 Å². The highest BCUT2D eigenvalue weighted by Crippen LogP contribution is 2.40. The number of Topliss-reactive ketones (excluding diaryl/α,β-unsaturated/α-hetero) is 1. The molecule has 0 radical (unpaired) electrons. The Bertz CT molecular complexity index is 1250. The number of ether oxygens (including phenoxy) is 1. The Balaban J connectivity index is 1.77. The van der Waals surface area contributed by atoms with Gasteiger partial charge in [-0.1, -0.05) is 18.2 Å². The molecule has 0 atom stereocenters. The molecular formula is C21H19NO5S. The number of hydrogen-bond donors (Lipinski definition) is 0. The Morgan fingerprint density at radius 1 is 1.18 bits per heavy atom. The lowest BCUT2D eigenvalue weighted by Crippen LogP contribution is -2.07. The number of aromatic nitrogens is 1. The highest BCUT2D eigenvalue weighted by molar-refractivity contribution is 7.86. The van der Waals surface area contributed by atoms with Crippen molar-refractivity contribution in [2.75, 3.05) is 6.26 Å². The van der Waals surface area contributed by atoms with E-state index in [1.54, 1.807) is 13.0 Å². The lowest BCUT2D eigenvalue weighted by molar-refractivity contribution is 0.101. The van der Waals surface area contributed by atoms with Crippen molar-refractivity contribution in [1.82, 2.24) is 4.57 Å². The van der Waals surface area contributed by atoms with Crippen molar-refractivity contribution in [3.8, 4) is 11.5 Å². The molecule has 0 fully saturated rings. The molecule has 0 bridgehead atoms. The summed E-state index contributed by atoms with van der Waals surface area (Å²) in [4.78, 5) is 12.8. The van der Waals surface area contributed by atoms with Crippen molar-refractivity contribution in [1.29, 1.82) is 0 Å². The van der Waals surface area contributed by atoms with Crippen LogP contribution >= 0.6 is 0 Å². The van der Waals surface area contributed by atoms with Crippen LogP contribution in [0.2, 0.25) is 0 Å². The number of para-hydroxylation sites is 1. The zero-order valence-electron chi connectivity index (χ0n) is 15.7. The van der Waals surface area contributed by atoms with Gasteiger partial charge in [-0.05, 0) is 38.1 Å². The number of hydrogen-bond acceptors (Lipinski definition) is 5. The van der Waals surface area contributed by atoms with Crippen molar-refractivity contribution in [3.05, 3.63) is 65.0 Å². The standard InChI is InChI=1S/C21H19NO5S/c1-4-22-12-14(15-7-5-6-8-17(15)22)11-19-20(23)16-9-10-18(27-28(3,24)25)13(2)21(16)26-19/h5-12H,4H2,1-3H3. The first kappa shape index (κ1) is 18.3. The van der Waals surface area contributed by atoms with Gasteiger partial charge in [-0.15, -0.1) is 0 Å². The van der Waals surface area contributed by atoms with Crippen LogP contribution in [-0.4, -0.2) is 25.0 Å². The monoisotopic (exact) mass is 397 g/mol. The third kappa shape index (κ3) is 3.07. The molecule has 7 heteroatoms. The molecule has 3 aromatic rings. The summed E-state index contributed by atoms with van der Waals surface area (Å²) in [6.45, 7) is 4.53. The van der Waals surface area contributed by atoms with Crippen molar-refractivity contribution in [3.63, 3.8) is 0 Å². The molecule has 0 spiro atoms. The third-order valence-corrected chi connectivity index (χ3v) is 5.21. The number of aryl methyl sites for hydroxylation is 1. The summed E-state index contributed by atoms with van der Waals surface area (Å²) in [6, 6.07) is 11.0. The van der Waals surface area contributed by atoms with Gasteiger partial charge in [0.2, 0.25) is 5.78 Å². The number of nitrogens with zero attached hydrogens (tertiary/aromatic N) is 1. The summed E-state index contributed by atoms with van der Waals surface area (Å²) in [5.74, 6) is 0.445. The molecule has 6 nitrogen and oxygen atoms in total. The second-order valence-corrected chi connectivity index (χ2v) is 8.26. The van der Waals surface area contributed by atoms with Crippen LogP contribution in [0.3, 0.4) is 0 Å². The van der Waals surface area contributed by atoms with Crippen LogP contribution in [0.5, 0.6) is 11.5 Å². The predicted octanol–water partition coefficient (Wildman–Crippen LogP) is 3.92. The topological polar surface area (TPSA) is 74.6 Å². The maximum absolute atomic E-state index is 12.8. The van der Waals surface area contributed by atoms with Gasteiger partial charge in [0.1, 0.15) is 11.5 Å². The number of carbonyl (C=O) groups is 1. The van der Waals surface area contributed by atoms with Gasteiger partial charge in [-0.25, -0.2) is 0 Å². The lowest BCUT2D eigenvalue weighted by Gasteiger charge is -2.09. The van der Waals surface area contributed by atoms with E-state index >= 15 is 0 Å². The van der Waals surface area contributed by atoms with Crippen LogP contribution in [0.4, 0.5) is 0 Å². The minimum atomic E-state index is -3.68. The summed E-state index contributed by atoms with van der Waals surface area (Å²) in [5, 5.41) is 1.03. The lowest BCUT2D eigenvalue weighted by atomic mass is 10.1. The van der Waals surface area contributed by atoms with Gasteiger partial charge >= 0.3 is 10.1 Å². The van der Waals surface area contributed by atoms with E-state index in [0.717, 1.165) is 29.3 Å². The number of ketones is 1. The fourth-order valence-corrected chi connectivity index (χ4v) is 3.92. The predicted molar refractivity (Wildman–Crippen MR) is 107 cm³/mol. The number of benzene rings is 2. The molecule has 0 saturated heterocycles. The average Bonchev–Trinajstić information content (AvgIpc) is 3.16. The molecule has 0 aliphatic carbocycles. The van der Waals surface area contributed by atoms with Crippen LogP contribution < -0.4 is 8.92 Å². The first-order valence-corrected chi connectivity index (χ1v) is 10.7. The Kier molecular flexibility index (Phi) is 4.27. The first-order valence-electron chi connectivity index (χ1n) is 8.83. The smallest absolute Gasteiger partial charge is 0.306 e. The fourth-order valence-electron chi connectivity index (χ4n) is 3.41. The Hall–Kier alpha value is -3.06. The molecule has 0 amide bonds. The summed E-state index contributed by atoms with van der Waals surface area (Å²) < 4.78 is 35.8. The minimum Gasteiger partial charge on any atom is -0.452 e. The quantitative estimate of drug-likeness (QED) is 0.493. The van der Waals surface area contributed by atoms with E-state index in [9.17, 15) is 13.2 Å². The SMILES string of the molecule is CCn1cc(C=C2Oc3c(ccc(OS(C)(=O)=O)c3C)C2=O)c2ccccc21. The molecule has 1 aliphatic rings. The number of fused-ring (bicyclic) bond motifs is 2. The van der Waals surface area contributed by atoms with Gasteiger partial charge in [0.05, 0.1) is 11.8 Å². The third-order valence-electron chi connectivity index (χ3n) is 4.72. The van der Waals surface area contributed by atoms with Gasteiger partial charge in [0.25, 0.3) is 0 Å². The highest BCUT2D eigenvalue weighted by atomic mass is 32.2. The number of allylic oxidation sites excluding steroid dienone is 1. The zero-order valence-corrected chi connectivity index (χ0v) is 16.5. The molecule has 1 aliphatic heterocycles. The molecule has 0 N–H and O–H groups in total. The second kappa shape index (κ2) is 6.53. The first-order chi connectivity index (χ1) is 13.3. The maximum Gasteiger partial charge on any atom is 0.306 e. The summed E-state index contributed by atoms with van der Waals surface area (Å²) in [7, 11) is -3.68. The Morgan fingerprint density at radius 3 is 2.64 bits per heavy atom. The van der Waals surface area contributed by atoms with Crippen LogP contribution in [0, 0.1) is 6.92 Å². The Labute approximate surface area is 163 Å². The molecule has 0 saturated carbocycles. The second-order valence-electron chi connectivity index (χ2n) is 6.68. The zero-order chi connectivity index (χ0) is 20.1. The largest absolute Gasteiger partial charge is 0.452 e. The van der Waals surface area contributed by atoms with Crippen molar-refractivity contribution in [2.45, 2.75) is 20.4 Å². The average molecular weight is 397 g/mol. The fraction of sp³-hybridized carbons (Fsp3) is 0.190. The summed E-state index contributed by atoms with van der Waals surface area (Å²) >= 11 is 0. The van der Waals surface area contributed by atoms with Crippen LogP contribution in [-0.2, 0) is 16.7 Å². The number of carbonyl (C=O) groups excluding carboxylic acids is 1. The van der Waals surface area contributed by atoms with Gasteiger partial charge in [-0.3, -0.25) is 4.79 Å². The van der Waals surface area contributed by atoms with Gasteiger partial charge in [-0.2, -0.15) is 8.42 Å². The molecule has 144 valence electrons. The van der Waals surface area contributed by atoms with Gasteiger partial charge in [0, 0.05) is 34.8 Å². The minimum absolute atomic E-state index is 0.151. The van der Waals surface area contributed by atoms with Crippen molar-refractivity contribution >= 4 is 32.9 Å². The summed E-state index contributed by atoms with van der Waals surface area (Å²) in [6.07, 6.45) is 4.69. The summed E-state index contributed by atoms with van der Waals surface area (Å²) in [5.41, 5.74) is 2.83. The molecule has 1 aromatic heterocycles. The van der Waals surface area contributed by atoms with E-state index in [0.29, 0.717) is 16.9 Å². The van der Waals surface area contributed by atoms with E-state index in [4.69, 9.17) is 8.92 Å². The maximum atomic E-state index is 12.8. The van der Waals surface area contributed by atoms with Crippen LogP contribution in [0.25, 0.3) is 17.0 Å². The highest BCUT2D eigenvalue weighted by Gasteiger charge is 2.31. The molecule has 28 heavy (non-hydrogen) atoms. The van der Waals surface area contributed by atoms with Crippen molar-refractivity contribution < 1.29 is 22.1 Å². The van der Waals surface area contributed by atoms with Crippen molar-refractivity contribution in [2.24, 2.45) is 0 Å². The van der Waals surface area contributed by atoms with Gasteiger partial charge in [0.15, 0.2) is 5.76 Å². The van der Waals surface area contributed by atoms with E-state index in [1.165, 1.54) is 12.1 Å². The van der Waals surface area contributed by atoms with E-state index in [2.05, 4.69) is 11.5 Å². The molecule has 4 rings (SSSR count). The van der Waals surface area contributed by atoms with E-state index in [-0.39, 0.29) is 17.3 Å². The molecular weight excluding hydrogens is 378 g/mol. The molecule has 2 heterocycles. The van der Waals surface area contributed by atoms with E-state index in [1.807, 2.05) is 30.5 Å². The molecule has 2 aromatic carbocycles. The molecule has 0 unspecified atom stereocenters. The van der Waals surface area contributed by atoms with Crippen LogP contribution in [0.15, 0.2) is 48.4 Å². The van der Waals surface area contributed by atoms with E-state index < -0.39 is 10.1 Å². The normalized spacial score (nSPS) is 15.1. The number of rotatable bonds is 4.